The summed E-state index contributed by atoms with van der Waals surface area (Å²) >= 11 is 3.36. The lowest BCUT2D eigenvalue weighted by Gasteiger charge is -2.10. The van der Waals surface area contributed by atoms with Crippen LogP contribution in [-0.2, 0) is 4.74 Å². The fourth-order valence-electron chi connectivity index (χ4n) is 1.25. The summed E-state index contributed by atoms with van der Waals surface area (Å²) in [6.45, 7) is 3.90. The van der Waals surface area contributed by atoms with Gasteiger partial charge in [0.2, 0.25) is 0 Å². The van der Waals surface area contributed by atoms with Gasteiger partial charge in [-0.3, -0.25) is 4.79 Å². The number of para-hydroxylation sites is 1. The van der Waals surface area contributed by atoms with Crippen LogP contribution in [0.5, 0.6) is 5.75 Å². The predicted molar refractivity (Wildman–Crippen MR) is 66.1 cm³/mol. The van der Waals surface area contributed by atoms with E-state index in [1.807, 2.05) is 13.0 Å². The molecule has 0 N–H and O–H groups in total. The Morgan fingerprint density at radius 1 is 1.38 bits per heavy atom. The van der Waals surface area contributed by atoms with E-state index >= 15 is 0 Å². The number of aldehydes is 1. The number of benzene rings is 1. The van der Waals surface area contributed by atoms with E-state index in [1.165, 1.54) is 0 Å². The summed E-state index contributed by atoms with van der Waals surface area (Å²) in [5, 5.41) is 0. The Bertz CT molecular complexity index is 339. The van der Waals surface area contributed by atoms with E-state index in [9.17, 15) is 4.79 Å². The Morgan fingerprint density at radius 2 is 2.19 bits per heavy atom. The van der Waals surface area contributed by atoms with Crippen LogP contribution in [0.25, 0.3) is 0 Å². The third-order valence-corrected chi connectivity index (χ3v) is 2.63. The minimum Gasteiger partial charge on any atom is -0.492 e. The van der Waals surface area contributed by atoms with Gasteiger partial charge >= 0.3 is 0 Å². The van der Waals surface area contributed by atoms with Crippen molar-refractivity contribution in [1.82, 2.24) is 0 Å². The molecule has 0 aliphatic carbocycles. The number of hydrogen-bond donors (Lipinski definition) is 0. The van der Waals surface area contributed by atoms with Crippen LogP contribution in [0, 0.1) is 0 Å². The van der Waals surface area contributed by atoms with E-state index in [-0.39, 0.29) is 0 Å². The molecule has 0 amide bonds. The van der Waals surface area contributed by atoms with E-state index < -0.39 is 0 Å². The second-order valence-corrected chi connectivity index (χ2v) is 4.03. The Morgan fingerprint density at radius 3 is 2.88 bits per heavy atom. The van der Waals surface area contributed by atoms with Crippen molar-refractivity contribution in [2.45, 2.75) is 13.3 Å². The average molecular weight is 287 g/mol. The Balaban J connectivity index is 2.49. The summed E-state index contributed by atoms with van der Waals surface area (Å²) in [6.07, 6.45) is 1.61. The molecule has 1 rings (SSSR count). The summed E-state index contributed by atoms with van der Waals surface area (Å²) in [7, 11) is 0. The smallest absolute Gasteiger partial charge is 0.153 e. The van der Waals surface area contributed by atoms with Gasteiger partial charge in [-0.1, -0.05) is 6.07 Å². The van der Waals surface area contributed by atoms with Gasteiger partial charge in [0.1, 0.15) is 5.75 Å². The third kappa shape index (κ3) is 3.94. The molecule has 0 saturated carbocycles. The lowest BCUT2D eigenvalue weighted by Crippen LogP contribution is -2.04. The van der Waals surface area contributed by atoms with Crippen molar-refractivity contribution in [3.63, 3.8) is 0 Å². The number of hydrogen-bond acceptors (Lipinski definition) is 3. The lowest BCUT2D eigenvalue weighted by molar-refractivity contribution is 0.111. The van der Waals surface area contributed by atoms with Crippen LogP contribution in [0.4, 0.5) is 0 Å². The number of rotatable bonds is 7. The van der Waals surface area contributed by atoms with Crippen LogP contribution in [-0.4, -0.2) is 26.1 Å². The van der Waals surface area contributed by atoms with Crippen LogP contribution >= 0.6 is 15.9 Å². The van der Waals surface area contributed by atoms with Crippen molar-refractivity contribution >= 4 is 22.2 Å². The highest BCUT2D eigenvalue weighted by molar-refractivity contribution is 9.10. The zero-order valence-corrected chi connectivity index (χ0v) is 10.8. The van der Waals surface area contributed by atoms with E-state index in [1.54, 1.807) is 12.1 Å². The Hall–Kier alpha value is -0.870. The quantitative estimate of drug-likeness (QED) is 0.571. The fraction of sp³-hybridized carbons (Fsp3) is 0.417. The van der Waals surface area contributed by atoms with Crippen LogP contribution < -0.4 is 4.74 Å². The maximum atomic E-state index is 10.8. The fourth-order valence-corrected chi connectivity index (χ4v) is 1.75. The minimum absolute atomic E-state index is 0.545. The molecule has 4 heteroatoms. The summed E-state index contributed by atoms with van der Waals surface area (Å²) in [5.41, 5.74) is 0.561. The largest absolute Gasteiger partial charge is 0.492 e. The number of carbonyl (C=O) groups excluding carboxylic acids is 1. The summed E-state index contributed by atoms with van der Waals surface area (Å²) in [5.74, 6) is 0.606. The Labute approximate surface area is 104 Å². The highest BCUT2D eigenvalue weighted by atomic mass is 79.9. The van der Waals surface area contributed by atoms with E-state index in [0.717, 1.165) is 17.2 Å². The van der Waals surface area contributed by atoms with Gasteiger partial charge in [-0.05, 0) is 35.0 Å². The van der Waals surface area contributed by atoms with Crippen molar-refractivity contribution < 1.29 is 14.3 Å². The SMILES string of the molecule is CCOCCCOc1c(Br)cccc1C=O. The number of ether oxygens (including phenoxy) is 2. The second-order valence-electron chi connectivity index (χ2n) is 3.17. The van der Waals surface area contributed by atoms with E-state index in [2.05, 4.69) is 15.9 Å². The molecule has 0 bridgehead atoms. The van der Waals surface area contributed by atoms with Crippen molar-refractivity contribution in [2.24, 2.45) is 0 Å². The van der Waals surface area contributed by atoms with Crippen molar-refractivity contribution in [2.75, 3.05) is 19.8 Å². The van der Waals surface area contributed by atoms with E-state index in [4.69, 9.17) is 9.47 Å². The Kier molecular flexibility index (Phi) is 6.11. The van der Waals surface area contributed by atoms with Gasteiger partial charge in [0, 0.05) is 19.6 Å². The second kappa shape index (κ2) is 7.41. The van der Waals surface area contributed by atoms with Crippen molar-refractivity contribution in [3.8, 4) is 5.75 Å². The lowest BCUT2D eigenvalue weighted by atomic mass is 10.2. The third-order valence-electron chi connectivity index (χ3n) is 2.01. The molecule has 0 radical (unpaired) electrons. The first-order valence-electron chi connectivity index (χ1n) is 5.23. The molecule has 0 aromatic heterocycles. The first-order valence-corrected chi connectivity index (χ1v) is 6.03. The molecule has 0 heterocycles. The number of carbonyl (C=O) groups is 1. The molecule has 88 valence electrons. The van der Waals surface area contributed by atoms with Crippen LogP contribution in [0.15, 0.2) is 22.7 Å². The zero-order chi connectivity index (χ0) is 11.8. The van der Waals surface area contributed by atoms with Crippen molar-refractivity contribution in [3.05, 3.63) is 28.2 Å². The van der Waals surface area contributed by atoms with E-state index in [0.29, 0.717) is 31.1 Å². The first-order chi connectivity index (χ1) is 7.79. The van der Waals surface area contributed by atoms with Gasteiger partial charge in [-0.15, -0.1) is 0 Å². The molecular formula is C12H15BrO3. The average Bonchev–Trinajstić information content (AvgIpc) is 2.30. The van der Waals surface area contributed by atoms with Gasteiger partial charge in [-0.25, -0.2) is 0 Å². The van der Waals surface area contributed by atoms with Gasteiger partial charge in [0.05, 0.1) is 16.6 Å². The summed E-state index contributed by atoms with van der Waals surface area (Å²) in [4.78, 5) is 10.8. The van der Waals surface area contributed by atoms with Gasteiger partial charge in [-0.2, -0.15) is 0 Å². The predicted octanol–water partition coefficient (Wildman–Crippen LogP) is 3.07. The maximum absolute atomic E-state index is 10.8. The molecule has 0 fully saturated rings. The van der Waals surface area contributed by atoms with Crippen LogP contribution in [0.1, 0.15) is 23.7 Å². The molecule has 0 aliphatic rings. The monoisotopic (exact) mass is 286 g/mol. The normalized spacial score (nSPS) is 10.1. The van der Waals surface area contributed by atoms with Gasteiger partial charge in [0.25, 0.3) is 0 Å². The standard InChI is InChI=1S/C12H15BrO3/c1-2-15-7-4-8-16-12-10(9-14)5-3-6-11(12)13/h3,5-6,9H,2,4,7-8H2,1H3. The van der Waals surface area contributed by atoms with Crippen LogP contribution in [0.2, 0.25) is 0 Å². The molecule has 0 saturated heterocycles. The van der Waals surface area contributed by atoms with Gasteiger partial charge < -0.3 is 9.47 Å². The maximum Gasteiger partial charge on any atom is 0.153 e. The molecule has 0 aliphatic heterocycles. The molecule has 3 nitrogen and oxygen atoms in total. The zero-order valence-electron chi connectivity index (χ0n) is 9.24. The molecule has 16 heavy (non-hydrogen) atoms. The molecule has 0 atom stereocenters. The minimum atomic E-state index is 0.545. The highest BCUT2D eigenvalue weighted by Crippen LogP contribution is 2.27. The summed E-state index contributed by atoms with van der Waals surface area (Å²) in [6, 6.07) is 5.39. The van der Waals surface area contributed by atoms with Crippen LogP contribution in [0.3, 0.4) is 0 Å². The molecule has 1 aromatic carbocycles. The first kappa shape index (κ1) is 13.2. The topological polar surface area (TPSA) is 35.5 Å². The molecule has 0 spiro atoms. The molecule has 0 unspecified atom stereocenters. The summed E-state index contributed by atoms with van der Waals surface area (Å²) < 4.78 is 11.5. The van der Waals surface area contributed by atoms with Crippen molar-refractivity contribution in [1.29, 1.82) is 0 Å². The number of halogens is 1. The van der Waals surface area contributed by atoms with Gasteiger partial charge in [0.15, 0.2) is 6.29 Å². The molecular weight excluding hydrogens is 272 g/mol. The molecule has 1 aromatic rings. The highest BCUT2D eigenvalue weighted by Gasteiger charge is 2.06.